The summed E-state index contributed by atoms with van der Waals surface area (Å²) in [5, 5.41) is 0. The molecular weight excluding hydrogens is 286 g/mol. The van der Waals surface area contributed by atoms with Crippen LogP contribution in [-0.4, -0.2) is 32.0 Å². The van der Waals surface area contributed by atoms with Gasteiger partial charge >= 0.3 is 0 Å². The largest absolute Gasteiger partial charge is 0.299 e. The zero-order valence-electron chi connectivity index (χ0n) is 12.3. The summed E-state index contributed by atoms with van der Waals surface area (Å²) in [6.07, 6.45) is 0. The molecule has 0 fully saturated rings. The van der Waals surface area contributed by atoms with Crippen molar-refractivity contribution in [3.05, 3.63) is 65.2 Å². The van der Waals surface area contributed by atoms with Crippen LogP contribution >= 0.6 is 0 Å². The molecule has 0 saturated carbocycles. The standard InChI is InChI=1S/C16H19NO3S/c1-12-14(10-7-11-15(12)21(18,19)20)16(17(2)3)13-8-5-4-6-9-13/h4-11,16H,1-3H3,(H,18,19,20). The Bertz CT molecular complexity index is 724. The first-order valence-corrected chi connectivity index (χ1v) is 8.04. The highest BCUT2D eigenvalue weighted by molar-refractivity contribution is 7.85. The minimum atomic E-state index is -4.22. The van der Waals surface area contributed by atoms with Gasteiger partial charge in [0.25, 0.3) is 10.1 Å². The lowest BCUT2D eigenvalue weighted by Crippen LogP contribution is -2.22. The Kier molecular flexibility index (Phi) is 4.46. The highest BCUT2D eigenvalue weighted by Gasteiger charge is 2.22. The van der Waals surface area contributed by atoms with Crippen LogP contribution in [0.25, 0.3) is 0 Å². The maximum Gasteiger partial charge on any atom is 0.294 e. The lowest BCUT2D eigenvalue weighted by atomic mass is 9.94. The minimum Gasteiger partial charge on any atom is -0.299 e. The Morgan fingerprint density at radius 3 is 2.14 bits per heavy atom. The van der Waals surface area contributed by atoms with Crippen LogP contribution < -0.4 is 0 Å². The van der Waals surface area contributed by atoms with Crippen molar-refractivity contribution in [1.29, 1.82) is 0 Å². The minimum absolute atomic E-state index is 0.0391. The molecule has 1 N–H and O–H groups in total. The summed E-state index contributed by atoms with van der Waals surface area (Å²) < 4.78 is 32.3. The molecule has 21 heavy (non-hydrogen) atoms. The highest BCUT2D eigenvalue weighted by Crippen LogP contribution is 2.31. The average molecular weight is 305 g/mol. The molecule has 0 aliphatic heterocycles. The molecule has 0 amide bonds. The first-order valence-electron chi connectivity index (χ1n) is 6.60. The first-order chi connectivity index (χ1) is 9.82. The summed E-state index contributed by atoms with van der Waals surface area (Å²) >= 11 is 0. The second-order valence-electron chi connectivity index (χ2n) is 5.22. The monoisotopic (exact) mass is 305 g/mol. The van der Waals surface area contributed by atoms with Crippen molar-refractivity contribution in [2.75, 3.05) is 14.1 Å². The van der Waals surface area contributed by atoms with Crippen LogP contribution in [0.15, 0.2) is 53.4 Å². The highest BCUT2D eigenvalue weighted by atomic mass is 32.2. The van der Waals surface area contributed by atoms with Crippen molar-refractivity contribution in [1.82, 2.24) is 4.90 Å². The van der Waals surface area contributed by atoms with Crippen molar-refractivity contribution in [2.24, 2.45) is 0 Å². The molecule has 0 heterocycles. The third-order valence-electron chi connectivity index (χ3n) is 3.53. The first kappa shape index (κ1) is 15.7. The van der Waals surface area contributed by atoms with Gasteiger partial charge in [0.05, 0.1) is 10.9 Å². The zero-order chi connectivity index (χ0) is 15.6. The molecule has 0 saturated heterocycles. The van der Waals surface area contributed by atoms with E-state index in [1.165, 1.54) is 6.07 Å². The molecule has 0 spiro atoms. The zero-order valence-corrected chi connectivity index (χ0v) is 13.1. The smallest absolute Gasteiger partial charge is 0.294 e. The van der Waals surface area contributed by atoms with Gasteiger partial charge in [-0.25, -0.2) is 0 Å². The second-order valence-corrected chi connectivity index (χ2v) is 6.61. The summed E-state index contributed by atoms with van der Waals surface area (Å²) in [4.78, 5) is 1.98. The van der Waals surface area contributed by atoms with E-state index in [9.17, 15) is 13.0 Å². The van der Waals surface area contributed by atoms with Crippen molar-refractivity contribution in [3.8, 4) is 0 Å². The molecular formula is C16H19NO3S. The van der Waals surface area contributed by atoms with Gasteiger partial charge in [-0.05, 0) is 43.8 Å². The number of hydrogen-bond acceptors (Lipinski definition) is 3. The van der Waals surface area contributed by atoms with Gasteiger partial charge < -0.3 is 0 Å². The van der Waals surface area contributed by atoms with E-state index in [4.69, 9.17) is 0 Å². The molecule has 2 aromatic carbocycles. The predicted molar refractivity (Wildman–Crippen MR) is 83.0 cm³/mol. The van der Waals surface area contributed by atoms with Crippen LogP contribution in [0.5, 0.6) is 0 Å². The van der Waals surface area contributed by atoms with Crippen molar-refractivity contribution in [3.63, 3.8) is 0 Å². The lowest BCUT2D eigenvalue weighted by Gasteiger charge is -2.27. The van der Waals surface area contributed by atoms with Gasteiger partial charge in [-0.15, -0.1) is 0 Å². The Morgan fingerprint density at radius 1 is 1.00 bits per heavy atom. The molecule has 0 aliphatic rings. The van der Waals surface area contributed by atoms with Crippen LogP contribution in [-0.2, 0) is 10.1 Å². The fraction of sp³-hybridized carbons (Fsp3) is 0.250. The number of rotatable bonds is 4. The van der Waals surface area contributed by atoms with E-state index in [2.05, 4.69) is 0 Å². The van der Waals surface area contributed by atoms with E-state index in [-0.39, 0.29) is 10.9 Å². The number of nitrogens with zero attached hydrogens (tertiary/aromatic N) is 1. The fourth-order valence-corrected chi connectivity index (χ4v) is 3.35. The van der Waals surface area contributed by atoms with Crippen molar-refractivity contribution >= 4 is 10.1 Å². The third kappa shape index (κ3) is 3.32. The molecule has 112 valence electrons. The molecule has 5 heteroatoms. The van der Waals surface area contributed by atoms with E-state index in [0.29, 0.717) is 5.56 Å². The van der Waals surface area contributed by atoms with E-state index in [1.807, 2.05) is 55.4 Å². The number of benzene rings is 2. The van der Waals surface area contributed by atoms with E-state index >= 15 is 0 Å². The van der Waals surface area contributed by atoms with Gasteiger partial charge in [0.2, 0.25) is 0 Å². The van der Waals surface area contributed by atoms with Crippen molar-refractivity contribution < 1.29 is 13.0 Å². The Morgan fingerprint density at radius 2 is 1.62 bits per heavy atom. The summed E-state index contributed by atoms with van der Waals surface area (Å²) in [6.45, 7) is 1.72. The van der Waals surface area contributed by atoms with Gasteiger partial charge in [0.15, 0.2) is 0 Å². The van der Waals surface area contributed by atoms with E-state index in [0.717, 1.165) is 11.1 Å². The molecule has 4 nitrogen and oxygen atoms in total. The molecule has 2 rings (SSSR count). The van der Waals surface area contributed by atoms with Crippen LogP contribution in [0.1, 0.15) is 22.7 Å². The molecule has 1 atom stereocenters. The normalized spacial score (nSPS) is 13.4. The van der Waals surface area contributed by atoms with Crippen LogP contribution in [0.2, 0.25) is 0 Å². The van der Waals surface area contributed by atoms with Gasteiger partial charge in [-0.3, -0.25) is 9.45 Å². The lowest BCUT2D eigenvalue weighted by molar-refractivity contribution is 0.340. The van der Waals surface area contributed by atoms with Gasteiger partial charge in [-0.1, -0.05) is 42.5 Å². The van der Waals surface area contributed by atoms with Gasteiger partial charge in [0, 0.05) is 0 Å². The maximum absolute atomic E-state index is 11.5. The molecule has 2 aromatic rings. The topological polar surface area (TPSA) is 57.6 Å². The molecule has 0 radical (unpaired) electrons. The number of hydrogen-bond donors (Lipinski definition) is 1. The SMILES string of the molecule is Cc1c(C(c2ccccc2)N(C)C)cccc1S(=O)(=O)O. The third-order valence-corrected chi connectivity index (χ3v) is 4.53. The van der Waals surface area contributed by atoms with Crippen molar-refractivity contribution in [2.45, 2.75) is 17.9 Å². The van der Waals surface area contributed by atoms with Crippen LogP contribution in [0, 0.1) is 6.92 Å². The van der Waals surface area contributed by atoms with E-state index < -0.39 is 10.1 Å². The summed E-state index contributed by atoms with van der Waals surface area (Å²) in [6, 6.07) is 14.7. The average Bonchev–Trinajstić information content (AvgIpc) is 2.40. The van der Waals surface area contributed by atoms with Gasteiger partial charge in [0.1, 0.15) is 0 Å². The maximum atomic E-state index is 11.5. The Labute approximate surface area is 125 Å². The molecule has 0 aliphatic carbocycles. The van der Waals surface area contributed by atoms with Crippen LogP contribution in [0.4, 0.5) is 0 Å². The van der Waals surface area contributed by atoms with Gasteiger partial charge in [-0.2, -0.15) is 8.42 Å². The predicted octanol–water partition coefficient (Wildman–Crippen LogP) is 2.89. The Balaban J connectivity index is 2.63. The fourth-order valence-electron chi connectivity index (χ4n) is 2.60. The second kappa shape index (κ2) is 5.97. The summed E-state index contributed by atoms with van der Waals surface area (Å²) in [5.41, 5.74) is 2.50. The van der Waals surface area contributed by atoms with E-state index in [1.54, 1.807) is 13.0 Å². The summed E-state index contributed by atoms with van der Waals surface area (Å²) in [5.74, 6) is 0. The van der Waals surface area contributed by atoms with Crippen LogP contribution in [0.3, 0.4) is 0 Å². The Hall–Kier alpha value is -1.69. The molecule has 0 bridgehead atoms. The molecule has 0 aromatic heterocycles. The summed E-state index contributed by atoms with van der Waals surface area (Å²) in [7, 11) is -0.333. The molecule has 1 unspecified atom stereocenters. The quantitative estimate of drug-likeness (QED) is 0.882.